The van der Waals surface area contributed by atoms with Gasteiger partial charge in [0.15, 0.2) is 5.82 Å². The molecule has 1 amide bonds. The van der Waals surface area contributed by atoms with Crippen LogP contribution in [0.1, 0.15) is 5.56 Å². The molecular weight excluding hydrogens is 388 g/mol. The highest BCUT2D eigenvalue weighted by atomic mass is 35.5. The molecule has 0 saturated heterocycles. The van der Waals surface area contributed by atoms with Crippen molar-refractivity contribution in [1.29, 1.82) is 0 Å². The van der Waals surface area contributed by atoms with Gasteiger partial charge in [-0.25, -0.2) is 0 Å². The monoisotopic (exact) mass is 404 g/mol. The summed E-state index contributed by atoms with van der Waals surface area (Å²) >= 11 is 6.10. The van der Waals surface area contributed by atoms with Crippen LogP contribution >= 0.6 is 11.6 Å². The number of anilines is 1. The van der Waals surface area contributed by atoms with Crippen molar-refractivity contribution in [2.75, 3.05) is 5.32 Å². The molecule has 4 aromatic rings. The van der Waals surface area contributed by atoms with Gasteiger partial charge in [-0.05, 0) is 54.1 Å². The molecule has 2 heterocycles. The highest BCUT2D eigenvalue weighted by molar-refractivity contribution is 6.31. The molecule has 144 valence electrons. The number of amides is 1. The number of nitrogens with one attached hydrogen (secondary N) is 1. The third-order valence-electron chi connectivity index (χ3n) is 4.16. The lowest BCUT2D eigenvalue weighted by Crippen LogP contribution is -2.14. The maximum absolute atomic E-state index is 12.2. The van der Waals surface area contributed by atoms with E-state index in [1.807, 2.05) is 53.4 Å². The molecule has 4 rings (SSSR count). The van der Waals surface area contributed by atoms with Crippen molar-refractivity contribution >= 4 is 23.2 Å². The van der Waals surface area contributed by atoms with Crippen molar-refractivity contribution in [3.05, 3.63) is 95.8 Å². The van der Waals surface area contributed by atoms with Gasteiger partial charge in [0.25, 0.3) is 0 Å². The molecule has 7 heteroatoms. The van der Waals surface area contributed by atoms with E-state index in [0.29, 0.717) is 28.2 Å². The summed E-state index contributed by atoms with van der Waals surface area (Å²) in [5.74, 6) is 1.55. The molecule has 6 nitrogen and oxygen atoms in total. The standard InChI is InChI=1S/C22H17ClN4O2/c23-19-6-2-1-5-16(19)15-21(28)24-17-7-9-18(10-8-17)29-22-12-11-20(25-26-22)27-13-3-4-14-27/h1-14H,15H2,(H,24,28). The zero-order chi connectivity index (χ0) is 20.1. The molecule has 0 atom stereocenters. The van der Waals surface area contributed by atoms with Crippen molar-refractivity contribution in [1.82, 2.24) is 14.8 Å². The van der Waals surface area contributed by atoms with Crippen LogP contribution in [0.2, 0.25) is 5.02 Å². The first-order chi connectivity index (χ1) is 14.2. The van der Waals surface area contributed by atoms with Crippen LogP contribution in [0.15, 0.2) is 85.2 Å². The summed E-state index contributed by atoms with van der Waals surface area (Å²) in [7, 11) is 0. The van der Waals surface area contributed by atoms with Crippen LogP contribution in [0.5, 0.6) is 11.6 Å². The van der Waals surface area contributed by atoms with Crippen LogP contribution in [0.25, 0.3) is 5.82 Å². The molecule has 0 spiro atoms. The van der Waals surface area contributed by atoms with Gasteiger partial charge in [-0.1, -0.05) is 29.8 Å². The first-order valence-electron chi connectivity index (χ1n) is 8.96. The number of nitrogens with zero attached hydrogens (tertiary/aromatic N) is 3. The van der Waals surface area contributed by atoms with Gasteiger partial charge in [0.1, 0.15) is 5.75 Å². The Morgan fingerprint density at radius 3 is 2.38 bits per heavy atom. The third kappa shape index (κ3) is 4.80. The van der Waals surface area contributed by atoms with E-state index in [4.69, 9.17) is 16.3 Å². The Kier molecular flexibility index (Phi) is 5.54. The molecule has 29 heavy (non-hydrogen) atoms. The molecule has 0 saturated carbocycles. The van der Waals surface area contributed by atoms with Gasteiger partial charge in [-0.2, -0.15) is 0 Å². The predicted molar refractivity (Wildman–Crippen MR) is 112 cm³/mol. The highest BCUT2D eigenvalue weighted by Crippen LogP contribution is 2.22. The molecule has 0 fully saturated rings. The van der Waals surface area contributed by atoms with Crippen molar-refractivity contribution in [3.8, 4) is 17.4 Å². The zero-order valence-corrected chi connectivity index (χ0v) is 16.1. The molecule has 2 aromatic heterocycles. The van der Waals surface area contributed by atoms with E-state index in [1.165, 1.54) is 0 Å². The molecule has 0 radical (unpaired) electrons. The van der Waals surface area contributed by atoms with Gasteiger partial charge >= 0.3 is 0 Å². The van der Waals surface area contributed by atoms with E-state index < -0.39 is 0 Å². The Bertz CT molecular complexity index is 1090. The first kappa shape index (κ1) is 18.7. The molecular formula is C22H17ClN4O2. The fraction of sp³-hybridized carbons (Fsp3) is 0.0455. The van der Waals surface area contributed by atoms with Gasteiger partial charge in [0.2, 0.25) is 11.8 Å². The second-order valence-electron chi connectivity index (χ2n) is 6.26. The lowest BCUT2D eigenvalue weighted by atomic mass is 10.1. The average Bonchev–Trinajstić information content (AvgIpc) is 3.27. The highest BCUT2D eigenvalue weighted by Gasteiger charge is 2.08. The van der Waals surface area contributed by atoms with Gasteiger partial charge in [-0.15, -0.1) is 10.2 Å². The topological polar surface area (TPSA) is 69.0 Å². The van der Waals surface area contributed by atoms with E-state index in [0.717, 1.165) is 5.56 Å². The third-order valence-corrected chi connectivity index (χ3v) is 4.53. The second-order valence-corrected chi connectivity index (χ2v) is 6.67. The molecule has 1 N–H and O–H groups in total. The van der Waals surface area contributed by atoms with Crippen LogP contribution in [-0.4, -0.2) is 20.7 Å². The van der Waals surface area contributed by atoms with E-state index in [9.17, 15) is 4.79 Å². The Morgan fingerprint density at radius 2 is 1.69 bits per heavy atom. The summed E-state index contributed by atoms with van der Waals surface area (Å²) in [6.07, 6.45) is 3.99. The number of ether oxygens (including phenoxy) is 1. The normalized spacial score (nSPS) is 10.5. The summed E-state index contributed by atoms with van der Waals surface area (Å²) < 4.78 is 7.57. The Morgan fingerprint density at radius 1 is 0.931 bits per heavy atom. The SMILES string of the molecule is O=C(Cc1ccccc1Cl)Nc1ccc(Oc2ccc(-n3cccc3)nn2)cc1. The predicted octanol–water partition coefficient (Wildman–Crippen LogP) is 4.89. The van der Waals surface area contributed by atoms with E-state index in [2.05, 4.69) is 15.5 Å². The number of hydrogen-bond donors (Lipinski definition) is 1. The number of aromatic nitrogens is 3. The van der Waals surface area contributed by atoms with Crippen LogP contribution in [-0.2, 0) is 11.2 Å². The van der Waals surface area contributed by atoms with Crippen molar-refractivity contribution in [3.63, 3.8) is 0 Å². The molecule has 0 aliphatic rings. The lowest BCUT2D eigenvalue weighted by molar-refractivity contribution is -0.115. The zero-order valence-electron chi connectivity index (χ0n) is 15.3. The number of hydrogen-bond acceptors (Lipinski definition) is 4. The largest absolute Gasteiger partial charge is 0.438 e. The van der Waals surface area contributed by atoms with Gasteiger partial charge in [-0.3, -0.25) is 4.79 Å². The quantitative estimate of drug-likeness (QED) is 0.496. The van der Waals surface area contributed by atoms with Gasteiger partial charge < -0.3 is 14.6 Å². The lowest BCUT2D eigenvalue weighted by Gasteiger charge is -2.08. The summed E-state index contributed by atoms with van der Waals surface area (Å²) in [5.41, 5.74) is 1.46. The second kappa shape index (κ2) is 8.58. The maximum Gasteiger partial charge on any atom is 0.238 e. The first-order valence-corrected chi connectivity index (χ1v) is 9.33. The summed E-state index contributed by atoms with van der Waals surface area (Å²) in [6, 6.07) is 21.7. The van der Waals surface area contributed by atoms with E-state index >= 15 is 0 Å². The van der Waals surface area contributed by atoms with Crippen LogP contribution in [0.3, 0.4) is 0 Å². The summed E-state index contributed by atoms with van der Waals surface area (Å²) in [6.45, 7) is 0. The number of carbonyl (C=O) groups is 1. The fourth-order valence-electron chi connectivity index (χ4n) is 2.74. The minimum Gasteiger partial charge on any atom is -0.438 e. The molecule has 2 aromatic carbocycles. The van der Waals surface area contributed by atoms with Crippen molar-refractivity contribution in [2.24, 2.45) is 0 Å². The fourth-order valence-corrected chi connectivity index (χ4v) is 2.94. The van der Waals surface area contributed by atoms with Crippen molar-refractivity contribution < 1.29 is 9.53 Å². The molecule has 0 aliphatic carbocycles. The Hall–Kier alpha value is -3.64. The Labute approximate surface area is 172 Å². The maximum atomic E-state index is 12.2. The van der Waals surface area contributed by atoms with Crippen LogP contribution in [0.4, 0.5) is 5.69 Å². The summed E-state index contributed by atoms with van der Waals surface area (Å²) in [5, 5.41) is 11.6. The minimum absolute atomic E-state index is 0.141. The number of halogens is 1. The molecule has 0 bridgehead atoms. The van der Waals surface area contributed by atoms with Crippen molar-refractivity contribution in [2.45, 2.75) is 6.42 Å². The summed E-state index contributed by atoms with van der Waals surface area (Å²) in [4.78, 5) is 12.2. The van der Waals surface area contributed by atoms with E-state index in [1.54, 1.807) is 36.4 Å². The Balaban J connectivity index is 1.35. The van der Waals surface area contributed by atoms with Gasteiger partial charge in [0.05, 0.1) is 6.42 Å². The smallest absolute Gasteiger partial charge is 0.238 e. The number of benzene rings is 2. The average molecular weight is 405 g/mol. The minimum atomic E-state index is -0.141. The number of rotatable bonds is 6. The molecule has 0 unspecified atom stereocenters. The number of carbonyl (C=O) groups excluding carboxylic acids is 1. The van der Waals surface area contributed by atoms with Crippen LogP contribution < -0.4 is 10.1 Å². The van der Waals surface area contributed by atoms with Gasteiger partial charge in [0, 0.05) is 29.2 Å². The van der Waals surface area contributed by atoms with Crippen LogP contribution in [0, 0.1) is 0 Å². The van der Waals surface area contributed by atoms with E-state index in [-0.39, 0.29) is 12.3 Å². The molecule has 0 aliphatic heterocycles.